The van der Waals surface area contributed by atoms with Crippen LogP contribution in [0.4, 0.5) is 15.4 Å². The van der Waals surface area contributed by atoms with Crippen LogP contribution in [0.25, 0.3) is 0 Å². The van der Waals surface area contributed by atoms with Crippen molar-refractivity contribution in [3.8, 4) is 0 Å². The Kier molecular flexibility index (Phi) is 3.18. The van der Waals surface area contributed by atoms with E-state index in [9.17, 15) is 27.2 Å². The smallest absolute Gasteiger partial charge is 0.295 e. The maximum atomic E-state index is 12.8. The number of amides is 1. The van der Waals surface area contributed by atoms with E-state index in [0.717, 1.165) is 17.2 Å². The third-order valence-corrected chi connectivity index (χ3v) is 3.82. The van der Waals surface area contributed by atoms with Gasteiger partial charge in [-0.05, 0) is 6.07 Å². The Labute approximate surface area is 107 Å². The molecule has 0 saturated carbocycles. The number of halogens is 1. The molecule has 1 fully saturated rings. The lowest BCUT2D eigenvalue weighted by Crippen LogP contribution is -2.27. The van der Waals surface area contributed by atoms with Crippen LogP contribution in [-0.2, 0) is 15.0 Å². The molecule has 19 heavy (non-hydrogen) atoms. The van der Waals surface area contributed by atoms with Crippen molar-refractivity contribution in [3.05, 3.63) is 28.4 Å². The lowest BCUT2D eigenvalue weighted by atomic mass is 10.4. The van der Waals surface area contributed by atoms with Crippen LogP contribution >= 0.6 is 0 Å². The molecule has 1 aliphatic rings. The van der Waals surface area contributed by atoms with Crippen LogP contribution in [0, 0.1) is 10.1 Å². The Morgan fingerprint density at radius 3 is 2.58 bits per heavy atom. The van der Waals surface area contributed by atoms with Gasteiger partial charge >= 0.3 is 10.2 Å². The lowest BCUT2D eigenvalue weighted by molar-refractivity contribution is -0.385. The number of nitrogens with zero attached hydrogens (tertiary/aromatic N) is 3. The van der Waals surface area contributed by atoms with Crippen LogP contribution in [0.1, 0.15) is 6.42 Å². The first-order chi connectivity index (χ1) is 8.79. The van der Waals surface area contributed by atoms with Crippen LogP contribution in [0.3, 0.4) is 0 Å². The van der Waals surface area contributed by atoms with E-state index in [2.05, 4.69) is 4.98 Å². The van der Waals surface area contributed by atoms with E-state index in [-0.39, 0.29) is 18.1 Å². The van der Waals surface area contributed by atoms with Crippen LogP contribution in [-0.4, -0.2) is 36.0 Å². The Morgan fingerprint density at radius 2 is 2.16 bits per heavy atom. The van der Waals surface area contributed by atoms with Gasteiger partial charge in [0.15, 0.2) is 0 Å². The van der Waals surface area contributed by atoms with Crippen molar-refractivity contribution in [3.63, 3.8) is 0 Å². The maximum absolute atomic E-state index is 12.8. The number of aromatic nitrogens is 1. The van der Waals surface area contributed by atoms with E-state index >= 15 is 0 Å². The molecular formula is C9H8FN3O5S. The first-order valence-electron chi connectivity index (χ1n) is 5.13. The summed E-state index contributed by atoms with van der Waals surface area (Å²) in [6, 6.07) is 2.34. The van der Waals surface area contributed by atoms with Crippen molar-refractivity contribution in [2.24, 2.45) is 0 Å². The highest BCUT2D eigenvalue weighted by Crippen LogP contribution is 2.25. The number of carbonyl (C=O) groups excluding carboxylic acids is 1. The van der Waals surface area contributed by atoms with E-state index in [0.29, 0.717) is 0 Å². The molecule has 1 aliphatic heterocycles. The average molecular weight is 289 g/mol. The minimum atomic E-state index is -4.80. The topological polar surface area (TPSA) is 110 Å². The van der Waals surface area contributed by atoms with Gasteiger partial charge in [0.2, 0.25) is 5.91 Å². The van der Waals surface area contributed by atoms with Crippen LogP contribution < -0.4 is 4.90 Å². The molecule has 8 nitrogen and oxygen atoms in total. The van der Waals surface area contributed by atoms with Gasteiger partial charge in [-0.25, -0.2) is 4.98 Å². The number of hydrogen-bond acceptors (Lipinski definition) is 6. The van der Waals surface area contributed by atoms with Gasteiger partial charge in [0.25, 0.3) is 5.69 Å². The van der Waals surface area contributed by atoms with E-state index in [1.54, 1.807) is 0 Å². The average Bonchev–Trinajstić information content (AvgIpc) is 2.71. The summed E-state index contributed by atoms with van der Waals surface area (Å²) in [4.78, 5) is 26.0. The van der Waals surface area contributed by atoms with Gasteiger partial charge in [0.1, 0.15) is 17.3 Å². The third-order valence-electron chi connectivity index (χ3n) is 2.71. The minimum absolute atomic E-state index is 0.0572. The molecule has 2 heterocycles. The second-order valence-electron chi connectivity index (χ2n) is 3.94. The van der Waals surface area contributed by atoms with Crippen LogP contribution in [0.5, 0.6) is 0 Å². The van der Waals surface area contributed by atoms with Gasteiger partial charge < -0.3 is 0 Å². The van der Waals surface area contributed by atoms with Crippen molar-refractivity contribution in [2.45, 2.75) is 11.7 Å². The molecule has 0 spiro atoms. The van der Waals surface area contributed by atoms with Crippen molar-refractivity contribution in [1.82, 2.24) is 4.98 Å². The summed E-state index contributed by atoms with van der Waals surface area (Å²) in [5, 5.41) is 9.02. The predicted octanol–water partition coefficient (Wildman–Crippen LogP) is 0.394. The highest BCUT2D eigenvalue weighted by atomic mass is 32.3. The quantitative estimate of drug-likeness (QED) is 0.452. The van der Waals surface area contributed by atoms with E-state index in [1.165, 1.54) is 6.07 Å². The zero-order valence-corrected chi connectivity index (χ0v) is 10.2. The van der Waals surface area contributed by atoms with Gasteiger partial charge in [0.05, 0.1) is 4.92 Å². The second-order valence-corrected chi connectivity index (χ2v) is 5.56. The summed E-state index contributed by atoms with van der Waals surface area (Å²) in [7, 11) is -4.80. The number of anilines is 1. The molecule has 1 atom stereocenters. The summed E-state index contributed by atoms with van der Waals surface area (Å²) >= 11 is 0. The van der Waals surface area contributed by atoms with Crippen LogP contribution in [0.15, 0.2) is 18.3 Å². The molecule has 1 aromatic heterocycles. The molecule has 10 heteroatoms. The molecule has 0 aliphatic carbocycles. The maximum Gasteiger partial charge on any atom is 0.307 e. The Bertz CT molecular complexity index is 630. The molecule has 0 aromatic carbocycles. The van der Waals surface area contributed by atoms with Gasteiger partial charge in [-0.1, -0.05) is 0 Å². The fourth-order valence-corrected chi connectivity index (χ4v) is 2.40. The summed E-state index contributed by atoms with van der Waals surface area (Å²) in [6.45, 7) is -0.345. The SMILES string of the molecule is O=C1CC(S(=O)(=O)F)CN1c1ccc([N+](=O)[O-])cn1. The molecule has 1 amide bonds. The highest BCUT2D eigenvalue weighted by molar-refractivity contribution is 7.87. The van der Waals surface area contributed by atoms with Crippen molar-refractivity contribution in [1.29, 1.82) is 0 Å². The molecule has 1 saturated heterocycles. The van der Waals surface area contributed by atoms with Crippen LogP contribution in [0.2, 0.25) is 0 Å². The predicted molar refractivity (Wildman–Crippen MR) is 61.7 cm³/mol. The summed E-state index contributed by atoms with van der Waals surface area (Å²) < 4.78 is 34.3. The van der Waals surface area contributed by atoms with Crippen molar-refractivity contribution >= 4 is 27.6 Å². The van der Waals surface area contributed by atoms with Gasteiger partial charge in [-0.15, -0.1) is 3.89 Å². The van der Waals surface area contributed by atoms with Gasteiger partial charge in [-0.3, -0.25) is 19.8 Å². The fourth-order valence-electron chi connectivity index (χ4n) is 1.73. The first-order valence-corrected chi connectivity index (χ1v) is 6.58. The standard InChI is InChI=1S/C9H8FN3O5S/c10-19(17,18)7-3-9(14)12(5-7)8-2-1-6(4-11-8)13(15)16/h1-2,4,7H,3,5H2. The van der Waals surface area contributed by atoms with Gasteiger partial charge in [-0.2, -0.15) is 8.42 Å². The Morgan fingerprint density at radius 1 is 1.47 bits per heavy atom. The lowest BCUT2D eigenvalue weighted by Gasteiger charge is -2.14. The number of rotatable bonds is 3. The van der Waals surface area contributed by atoms with Crippen molar-refractivity contribution < 1.29 is 22.0 Å². The first kappa shape index (κ1) is 13.3. The van der Waals surface area contributed by atoms with E-state index in [4.69, 9.17) is 0 Å². The molecule has 2 rings (SSSR count). The van der Waals surface area contributed by atoms with Gasteiger partial charge in [0, 0.05) is 19.0 Å². The zero-order chi connectivity index (χ0) is 14.2. The summed E-state index contributed by atoms with van der Waals surface area (Å²) in [5.74, 6) is -0.533. The molecule has 102 valence electrons. The Hall–Kier alpha value is -2.10. The normalized spacial score (nSPS) is 19.7. The van der Waals surface area contributed by atoms with Crippen molar-refractivity contribution in [2.75, 3.05) is 11.4 Å². The number of carbonyl (C=O) groups is 1. The largest absolute Gasteiger partial charge is 0.307 e. The van der Waals surface area contributed by atoms with E-state index in [1.807, 2.05) is 0 Å². The minimum Gasteiger partial charge on any atom is -0.295 e. The summed E-state index contributed by atoms with van der Waals surface area (Å²) in [6.07, 6.45) is 0.484. The highest BCUT2D eigenvalue weighted by Gasteiger charge is 2.39. The molecule has 1 unspecified atom stereocenters. The number of nitro groups is 1. The zero-order valence-electron chi connectivity index (χ0n) is 9.39. The fraction of sp³-hybridized carbons (Fsp3) is 0.333. The Balaban J connectivity index is 2.23. The molecule has 0 radical (unpaired) electrons. The third kappa shape index (κ3) is 2.67. The summed E-state index contributed by atoms with van der Waals surface area (Å²) in [5.41, 5.74) is -0.259. The monoisotopic (exact) mass is 289 g/mol. The van der Waals surface area contributed by atoms with E-state index < -0.39 is 32.7 Å². The number of hydrogen-bond donors (Lipinski definition) is 0. The molecule has 1 aromatic rings. The molecule has 0 N–H and O–H groups in total. The number of pyridine rings is 1. The molecule has 0 bridgehead atoms. The second kappa shape index (κ2) is 4.53. The molecular weight excluding hydrogens is 281 g/mol.